The van der Waals surface area contributed by atoms with Crippen LogP contribution < -0.4 is 10.6 Å². The number of rotatable bonds is 5. The van der Waals surface area contributed by atoms with E-state index in [4.69, 9.17) is 5.73 Å². The summed E-state index contributed by atoms with van der Waals surface area (Å²) in [5.41, 5.74) is 7.00. The molecule has 1 heterocycles. The number of pyridine rings is 1. The highest BCUT2D eigenvalue weighted by Gasteiger charge is 2.24. The summed E-state index contributed by atoms with van der Waals surface area (Å²) in [6.45, 7) is 7.64. The van der Waals surface area contributed by atoms with Crippen molar-refractivity contribution in [1.82, 2.24) is 4.98 Å². The first-order valence-electron chi connectivity index (χ1n) is 7.56. The van der Waals surface area contributed by atoms with Gasteiger partial charge in [0, 0.05) is 24.8 Å². The Morgan fingerprint density at radius 2 is 1.95 bits per heavy atom. The lowest BCUT2D eigenvalue weighted by atomic mass is 10.1. The van der Waals surface area contributed by atoms with Gasteiger partial charge in [0.1, 0.15) is 5.82 Å². The molecule has 1 aromatic rings. The van der Waals surface area contributed by atoms with Gasteiger partial charge in [-0.25, -0.2) is 4.98 Å². The number of aromatic nitrogens is 1. The van der Waals surface area contributed by atoms with Crippen molar-refractivity contribution in [3.8, 4) is 0 Å². The molecule has 1 atom stereocenters. The molecule has 19 heavy (non-hydrogen) atoms. The van der Waals surface area contributed by atoms with Crippen LogP contribution in [0.5, 0.6) is 0 Å². The van der Waals surface area contributed by atoms with Crippen LogP contribution in [0.1, 0.15) is 58.1 Å². The van der Waals surface area contributed by atoms with E-state index in [0.29, 0.717) is 12.0 Å². The lowest BCUT2D eigenvalue weighted by molar-refractivity contribution is 0.531. The highest BCUT2D eigenvalue weighted by atomic mass is 15.2. The van der Waals surface area contributed by atoms with Gasteiger partial charge in [0.15, 0.2) is 0 Å². The minimum absolute atomic E-state index is 0.0616. The van der Waals surface area contributed by atoms with Gasteiger partial charge in [0.2, 0.25) is 0 Å². The van der Waals surface area contributed by atoms with Crippen LogP contribution in [0.3, 0.4) is 0 Å². The Hall–Kier alpha value is -1.09. The summed E-state index contributed by atoms with van der Waals surface area (Å²) >= 11 is 0. The SMILES string of the molecule is CC(C)CN(c1ccc([C@@H](C)N)cn1)C1CCCC1. The largest absolute Gasteiger partial charge is 0.353 e. The maximum atomic E-state index is 5.89. The third kappa shape index (κ3) is 3.69. The Morgan fingerprint density at radius 3 is 2.42 bits per heavy atom. The van der Waals surface area contributed by atoms with Gasteiger partial charge in [-0.1, -0.05) is 32.8 Å². The van der Waals surface area contributed by atoms with Crippen LogP contribution in [0.4, 0.5) is 5.82 Å². The van der Waals surface area contributed by atoms with E-state index in [1.54, 1.807) is 0 Å². The molecule has 1 saturated carbocycles. The summed E-state index contributed by atoms with van der Waals surface area (Å²) in [7, 11) is 0. The molecule has 2 rings (SSSR count). The molecule has 1 aliphatic carbocycles. The second-order valence-electron chi connectivity index (χ2n) is 6.22. The number of nitrogens with two attached hydrogens (primary N) is 1. The number of nitrogens with zero attached hydrogens (tertiary/aromatic N) is 2. The van der Waals surface area contributed by atoms with Crippen molar-refractivity contribution in [1.29, 1.82) is 0 Å². The Labute approximate surface area is 117 Å². The highest BCUT2D eigenvalue weighted by molar-refractivity contribution is 5.41. The molecule has 3 heteroatoms. The summed E-state index contributed by atoms with van der Waals surface area (Å²) in [6.07, 6.45) is 7.27. The van der Waals surface area contributed by atoms with E-state index in [2.05, 4.69) is 35.9 Å². The highest BCUT2D eigenvalue weighted by Crippen LogP contribution is 2.28. The molecule has 0 spiro atoms. The molecule has 1 aliphatic rings. The number of hydrogen-bond donors (Lipinski definition) is 1. The quantitative estimate of drug-likeness (QED) is 0.882. The molecule has 0 aliphatic heterocycles. The third-order valence-corrected chi connectivity index (χ3v) is 3.92. The van der Waals surface area contributed by atoms with Gasteiger partial charge in [-0.2, -0.15) is 0 Å². The van der Waals surface area contributed by atoms with Crippen LogP contribution in [0.25, 0.3) is 0 Å². The van der Waals surface area contributed by atoms with Crippen molar-refractivity contribution in [3.63, 3.8) is 0 Å². The van der Waals surface area contributed by atoms with E-state index < -0.39 is 0 Å². The first-order valence-corrected chi connectivity index (χ1v) is 7.56. The molecule has 0 saturated heterocycles. The van der Waals surface area contributed by atoms with Gasteiger partial charge in [-0.3, -0.25) is 0 Å². The fourth-order valence-electron chi connectivity index (χ4n) is 2.88. The van der Waals surface area contributed by atoms with Crippen molar-refractivity contribution in [2.24, 2.45) is 11.7 Å². The first-order chi connectivity index (χ1) is 9.08. The standard InChI is InChI=1S/C16H27N3/c1-12(2)11-19(15-6-4-5-7-15)16-9-8-14(10-18-16)13(3)17/h8-10,12-13,15H,4-7,11,17H2,1-3H3/t13-/m1/s1. The minimum atomic E-state index is 0.0616. The molecular weight excluding hydrogens is 234 g/mol. The lowest BCUT2D eigenvalue weighted by Gasteiger charge is -2.31. The zero-order valence-electron chi connectivity index (χ0n) is 12.5. The van der Waals surface area contributed by atoms with Crippen LogP contribution in [-0.4, -0.2) is 17.6 Å². The average molecular weight is 261 g/mol. The molecule has 2 N–H and O–H groups in total. The van der Waals surface area contributed by atoms with E-state index in [0.717, 1.165) is 17.9 Å². The van der Waals surface area contributed by atoms with Gasteiger partial charge >= 0.3 is 0 Å². The molecule has 0 bridgehead atoms. The minimum Gasteiger partial charge on any atom is -0.353 e. The second kappa shape index (κ2) is 6.38. The summed E-state index contributed by atoms with van der Waals surface area (Å²) < 4.78 is 0. The van der Waals surface area contributed by atoms with Crippen molar-refractivity contribution in [2.75, 3.05) is 11.4 Å². The molecule has 0 unspecified atom stereocenters. The van der Waals surface area contributed by atoms with E-state index in [9.17, 15) is 0 Å². The van der Waals surface area contributed by atoms with Crippen molar-refractivity contribution >= 4 is 5.82 Å². The van der Waals surface area contributed by atoms with Crippen LogP contribution in [0.2, 0.25) is 0 Å². The zero-order valence-corrected chi connectivity index (χ0v) is 12.5. The predicted octanol–water partition coefficient (Wildman–Crippen LogP) is 3.51. The molecular formula is C16H27N3. The fourth-order valence-corrected chi connectivity index (χ4v) is 2.88. The second-order valence-corrected chi connectivity index (χ2v) is 6.22. The third-order valence-electron chi connectivity index (χ3n) is 3.92. The van der Waals surface area contributed by atoms with Crippen LogP contribution in [0, 0.1) is 5.92 Å². The number of anilines is 1. The molecule has 3 nitrogen and oxygen atoms in total. The van der Waals surface area contributed by atoms with E-state index in [-0.39, 0.29) is 6.04 Å². The van der Waals surface area contributed by atoms with E-state index in [1.165, 1.54) is 25.7 Å². The van der Waals surface area contributed by atoms with Crippen molar-refractivity contribution in [2.45, 2.75) is 58.5 Å². The first kappa shape index (κ1) is 14.3. The number of hydrogen-bond acceptors (Lipinski definition) is 3. The Bertz CT molecular complexity index is 377. The summed E-state index contributed by atoms with van der Waals surface area (Å²) in [6, 6.07) is 5.00. The Balaban J connectivity index is 2.16. The molecule has 1 aromatic heterocycles. The maximum Gasteiger partial charge on any atom is 0.128 e. The Kier molecular flexibility index (Phi) is 4.81. The van der Waals surface area contributed by atoms with Crippen molar-refractivity contribution in [3.05, 3.63) is 23.9 Å². The van der Waals surface area contributed by atoms with E-state index in [1.807, 2.05) is 13.1 Å². The molecule has 0 amide bonds. The maximum absolute atomic E-state index is 5.89. The van der Waals surface area contributed by atoms with Crippen LogP contribution >= 0.6 is 0 Å². The van der Waals surface area contributed by atoms with Crippen molar-refractivity contribution < 1.29 is 0 Å². The smallest absolute Gasteiger partial charge is 0.128 e. The molecule has 0 radical (unpaired) electrons. The normalized spacial score (nSPS) is 17.9. The topological polar surface area (TPSA) is 42.1 Å². The van der Waals surface area contributed by atoms with E-state index >= 15 is 0 Å². The lowest BCUT2D eigenvalue weighted by Crippen LogP contribution is -2.36. The average Bonchev–Trinajstić information content (AvgIpc) is 2.89. The zero-order chi connectivity index (χ0) is 13.8. The molecule has 1 fully saturated rings. The van der Waals surface area contributed by atoms with Crippen LogP contribution in [0.15, 0.2) is 18.3 Å². The summed E-state index contributed by atoms with van der Waals surface area (Å²) in [5.74, 6) is 1.78. The molecule has 0 aromatic carbocycles. The Morgan fingerprint density at radius 1 is 1.26 bits per heavy atom. The predicted molar refractivity (Wildman–Crippen MR) is 81.3 cm³/mol. The van der Waals surface area contributed by atoms with Gasteiger partial charge in [-0.15, -0.1) is 0 Å². The fraction of sp³-hybridized carbons (Fsp3) is 0.688. The van der Waals surface area contributed by atoms with Gasteiger partial charge < -0.3 is 10.6 Å². The molecule has 106 valence electrons. The van der Waals surface area contributed by atoms with Gasteiger partial charge in [0.05, 0.1) is 0 Å². The monoisotopic (exact) mass is 261 g/mol. The van der Waals surface area contributed by atoms with Gasteiger partial charge in [0.25, 0.3) is 0 Å². The summed E-state index contributed by atoms with van der Waals surface area (Å²) in [5, 5.41) is 0. The van der Waals surface area contributed by atoms with Crippen LogP contribution in [-0.2, 0) is 0 Å². The summed E-state index contributed by atoms with van der Waals surface area (Å²) in [4.78, 5) is 7.15. The van der Waals surface area contributed by atoms with Gasteiger partial charge in [-0.05, 0) is 37.3 Å².